The number of carbonyl (C=O) groups excluding carboxylic acids is 1. The maximum atomic E-state index is 12.0. The number of ether oxygens (including phenoxy) is 1. The largest absolute Gasteiger partial charge is 0.465 e. The first kappa shape index (κ1) is 22.5. The van der Waals surface area contributed by atoms with Crippen LogP contribution in [0.4, 0.5) is 17.1 Å². The minimum atomic E-state index is -0.316. The zero-order valence-corrected chi connectivity index (χ0v) is 21.0. The summed E-state index contributed by atoms with van der Waals surface area (Å²) in [6, 6.07) is 21.1. The maximum absolute atomic E-state index is 12.0. The van der Waals surface area contributed by atoms with E-state index in [-0.39, 0.29) is 22.8 Å². The number of esters is 1. The highest BCUT2D eigenvalue weighted by Crippen LogP contribution is 2.51. The van der Waals surface area contributed by atoms with E-state index in [0.717, 1.165) is 16.9 Å². The lowest BCUT2D eigenvalue weighted by Crippen LogP contribution is -2.34. The minimum Gasteiger partial charge on any atom is -0.465 e. The first-order valence-electron chi connectivity index (χ1n) is 12.1. The molecule has 4 nitrogen and oxygen atoms in total. The van der Waals surface area contributed by atoms with Gasteiger partial charge in [-0.2, -0.15) is 0 Å². The first-order chi connectivity index (χ1) is 16.1. The van der Waals surface area contributed by atoms with E-state index in [1.807, 2.05) is 24.3 Å². The number of benzene rings is 3. The maximum Gasteiger partial charge on any atom is 0.337 e. The summed E-state index contributed by atoms with van der Waals surface area (Å²) >= 11 is 0. The number of para-hydroxylation sites is 2. The molecule has 1 N–H and O–H groups in total. The zero-order valence-electron chi connectivity index (χ0n) is 21.0. The van der Waals surface area contributed by atoms with E-state index in [2.05, 4.69) is 81.4 Å². The van der Waals surface area contributed by atoms with E-state index in [1.165, 1.54) is 42.3 Å². The Morgan fingerprint density at radius 3 is 2.18 bits per heavy atom. The number of hydrogen-bond acceptors (Lipinski definition) is 4. The zero-order chi connectivity index (χ0) is 24.3. The van der Waals surface area contributed by atoms with Crippen molar-refractivity contribution in [3.63, 3.8) is 0 Å². The molecule has 1 unspecified atom stereocenters. The van der Waals surface area contributed by atoms with Crippen molar-refractivity contribution in [2.45, 2.75) is 57.4 Å². The third-order valence-electron chi connectivity index (χ3n) is 7.90. The molecular weight excluding hydrogens is 420 g/mol. The Morgan fingerprint density at radius 1 is 0.912 bits per heavy atom. The predicted molar refractivity (Wildman–Crippen MR) is 139 cm³/mol. The number of nitrogens with zero attached hydrogens (tertiary/aromatic N) is 1. The molecule has 0 saturated carbocycles. The van der Waals surface area contributed by atoms with Crippen molar-refractivity contribution in [1.29, 1.82) is 0 Å². The van der Waals surface area contributed by atoms with Crippen molar-refractivity contribution in [3.05, 3.63) is 88.5 Å². The summed E-state index contributed by atoms with van der Waals surface area (Å²) in [5, 5.41) is 3.82. The molecule has 176 valence electrons. The quantitative estimate of drug-likeness (QED) is 0.419. The van der Waals surface area contributed by atoms with Gasteiger partial charge in [-0.1, -0.05) is 58.0 Å². The molecule has 0 saturated heterocycles. The van der Waals surface area contributed by atoms with Gasteiger partial charge in [0.05, 0.1) is 30.1 Å². The van der Waals surface area contributed by atoms with Crippen LogP contribution in [0.3, 0.4) is 0 Å². The third kappa shape index (κ3) is 3.56. The van der Waals surface area contributed by atoms with Crippen LogP contribution in [-0.4, -0.2) is 20.1 Å². The van der Waals surface area contributed by atoms with Crippen LogP contribution >= 0.6 is 0 Å². The second-order valence-corrected chi connectivity index (χ2v) is 11.0. The fraction of sp³-hybridized carbons (Fsp3) is 0.367. The number of nitrogens with one attached hydrogen (secondary N) is 1. The summed E-state index contributed by atoms with van der Waals surface area (Å²) in [6.07, 6.45) is 2.36. The van der Waals surface area contributed by atoms with Gasteiger partial charge in [-0.3, -0.25) is 0 Å². The SMILES string of the molecule is COC(=O)c1ccc(C2Nc3ccccc3N(C)c3cc4c(cc32)C(C)(C)CCC4(C)C)cc1. The Labute approximate surface area is 202 Å². The van der Waals surface area contributed by atoms with Gasteiger partial charge in [0.15, 0.2) is 0 Å². The molecule has 0 fully saturated rings. The summed E-state index contributed by atoms with van der Waals surface area (Å²) in [4.78, 5) is 14.3. The van der Waals surface area contributed by atoms with Gasteiger partial charge < -0.3 is 15.0 Å². The third-order valence-corrected chi connectivity index (χ3v) is 7.90. The molecule has 1 aliphatic carbocycles. The molecule has 1 aliphatic heterocycles. The molecule has 5 rings (SSSR count). The number of methoxy groups -OCH3 is 1. The fourth-order valence-electron chi connectivity index (χ4n) is 5.58. The molecule has 3 aromatic rings. The van der Waals surface area contributed by atoms with Gasteiger partial charge in [-0.25, -0.2) is 4.79 Å². The molecule has 0 spiro atoms. The van der Waals surface area contributed by atoms with Crippen LogP contribution in [0, 0.1) is 0 Å². The molecule has 1 heterocycles. The van der Waals surface area contributed by atoms with Crippen LogP contribution in [0.2, 0.25) is 0 Å². The van der Waals surface area contributed by atoms with Crippen molar-refractivity contribution in [3.8, 4) is 0 Å². The standard InChI is InChI=1S/C30H34N2O2/c1-29(2)15-16-30(3,4)23-18-26-21(17-22(23)29)27(19-11-13-20(14-12-19)28(33)34-6)31-24-9-7-8-10-25(24)32(26)5/h7-14,17-18,27,31H,15-16H2,1-6H3. The average Bonchev–Trinajstić information content (AvgIpc) is 2.96. The smallest absolute Gasteiger partial charge is 0.337 e. The summed E-state index contributed by atoms with van der Waals surface area (Å²) in [5.41, 5.74) is 9.57. The number of anilines is 3. The monoisotopic (exact) mass is 454 g/mol. The van der Waals surface area contributed by atoms with E-state index in [4.69, 9.17) is 4.74 Å². The van der Waals surface area contributed by atoms with Crippen LogP contribution in [0.15, 0.2) is 60.7 Å². The highest BCUT2D eigenvalue weighted by molar-refractivity contribution is 5.89. The molecular formula is C30H34N2O2. The van der Waals surface area contributed by atoms with Crippen LogP contribution in [0.1, 0.15) is 79.2 Å². The second kappa shape index (κ2) is 7.90. The molecule has 1 atom stereocenters. The van der Waals surface area contributed by atoms with E-state index in [9.17, 15) is 4.79 Å². The number of fused-ring (bicyclic) bond motifs is 3. The van der Waals surface area contributed by atoms with Gasteiger partial charge in [0.2, 0.25) is 0 Å². The van der Waals surface area contributed by atoms with Gasteiger partial charge in [-0.15, -0.1) is 0 Å². The van der Waals surface area contributed by atoms with Crippen molar-refractivity contribution in [2.24, 2.45) is 0 Å². The molecule has 0 aromatic heterocycles. The summed E-state index contributed by atoms with van der Waals surface area (Å²) in [7, 11) is 3.58. The normalized spacial score (nSPS) is 19.7. The van der Waals surface area contributed by atoms with Crippen LogP contribution in [0.25, 0.3) is 0 Å². The van der Waals surface area contributed by atoms with E-state index >= 15 is 0 Å². The van der Waals surface area contributed by atoms with E-state index < -0.39 is 0 Å². The van der Waals surface area contributed by atoms with E-state index in [1.54, 1.807) is 0 Å². The van der Waals surface area contributed by atoms with Crippen LogP contribution in [-0.2, 0) is 15.6 Å². The molecule has 34 heavy (non-hydrogen) atoms. The average molecular weight is 455 g/mol. The molecule has 3 aromatic carbocycles. The van der Waals surface area contributed by atoms with Gasteiger partial charge in [0.25, 0.3) is 0 Å². The lowest BCUT2D eigenvalue weighted by Gasteiger charge is -2.43. The number of rotatable bonds is 2. The Bertz CT molecular complexity index is 1260. The highest BCUT2D eigenvalue weighted by Gasteiger charge is 2.39. The van der Waals surface area contributed by atoms with Crippen LogP contribution < -0.4 is 10.2 Å². The molecule has 0 amide bonds. The number of hydrogen-bond donors (Lipinski definition) is 1. The number of carbonyl (C=O) groups is 1. The van der Waals surface area contributed by atoms with Crippen molar-refractivity contribution in [1.82, 2.24) is 0 Å². The van der Waals surface area contributed by atoms with Gasteiger partial charge >= 0.3 is 5.97 Å². The van der Waals surface area contributed by atoms with Gasteiger partial charge in [0, 0.05) is 18.3 Å². The Kier molecular flexibility index (Phi) is 5.23. The molecule has 2 aliphatic rings. The minimum absolute atomic E-state index is 0.0427. The van der Waals surface area contributed by atoms with E-state index in [0.29, 0.717) is 5.56 Å². The fourth-order valence-corrected chi connectivity index (χ4v) is 5.58. The van der Waals surface area contributed by atoms with Crippen molar-refractivity contribution < 1.29 is 9.53 Å². The van der Waals surface area contributed by atoms with Gasteiger partial charge in [0.1, 0.15) is 0 Å². The Hall–Kier alpha value is -3.27. The van der Waals surface area contributed by atoms with Gasteiger partial charge in [-0.05, 0) is 70.7 Å². The summed E-state index contributed by atoms with van der Waals surface area (Å²) < 4.78 is 4.90. The Balaban J connectivity index is 1.74. The molecule has 0 radical (unpaired) electrons. The topological polar surface area (TPSA) is 41.6 Å². The summed E-state index contributed by atoms with van der Waals surface area (Å²) in [5.74, 6) is -0.316. The second-order valence-electron chi connectivity index (χ2n) is 11.0. The molecule has 0 bridgehead atoms. The lowest BCUT2D eigenvalue weighted by atomic mass is 9.62. The summed E-state index contributed by atoms with van der Waals surface area (Å²) in [6.45, 7) is 9.49. The Morgan fingerprint density at radius 2 is 1.53 bits per heavy atom. The highest BCUT2D eigenvalue weighted by atomic mass is 16.5. The van der Waals surface area contributed by atoms with Crippen molar-refractivity contribution in [2.75, 3.05) is 24.4 Å². The lowest BCUT2D eigenvalue weighted by molar-refractivity contribution is 0.0600. The predicted octanol–water partition coefficient (Wildman–Crippen LogP) is 7.11. The van der Waals surface area contributed by atoms with Crippen molar-refractivity contribution >= 4 is 23.0 Å². The van der Waals surface area contributed by atoms with Crippen LogP contribution in [0.5, 0.6) is 0 Å². The molecule has 4 heteroatoms. The first-order valence-corrected chi connectivity index (χ1v) is 12.1.